The van der Waals surface area contributed by atoms with E-state index in [9.17, 15) is 13.2 Å². The van der Waals surface area contributed by atoms with Crippen LogP contribution in [0.3, 0.4) is 0 Å². The molecule has 0 bridgehead atoms. The second-order valence-electron chi connectivity index (χ2n) is 9.93. The van der Waals surface area contributed by atoms with Gasteiger partial charge in [-0.1, -0.05) is 0 Å². The molecule has 2 N–H and O–H groups in total. The number of rotatable bonds is 4. The van der Waals surface area contributed by atoms with Gasteiger partial charge in [0.2, 0.25) is 0 Å². The first kappa shape index (κ1) is 20.5. The van der Waals surface area contributed by atoms with Crippen molar-refractivity contribution in [3.63, 3.8) is 0 Å². The molecule has 2 aromatic rings. The molecule has 0 aromatic carbocycles. The fraction of sp³-hybridized carbons (Fsp3) is 0.652. The van der Waals surface area contributed by atoms with Crippen molar-refractivity contribution in [3.8, 4) is 11.3 Å². The summed E-state index contributed by atoms with van der Waals surface area (Å²) < 4.78 is 47.8. The van der Waals surface area contributed by atoms with Gasteiger partial charge in [0.1, 0.15) is 11.6 Å². The number of imidazole rings is 1. The summed E-state index contributed by atoms with van der Waals surface area (Å²) in [5.74, 6) is 2.21. The van der Waals surface area contributed by atoms with E-state index < -0.39 is 17.6 Å². The van der Waals surface area contributed by atoms with Crippen molar-refractivity contribution in [2.75, 3.05) is 25.5 Å². The molecule has 172 valence electrons. The minimum absolute atomic E-state index is 0.373. The number of pyridine rings is 1. The minimum atomic E-state index is -4.53. The van der Waals surface area contributed by atoms with E-state index in [2.05, 4.69) is 21.4 Å². The smallest absolute Gasteiger partial charge is 0.383 e. The molecule has 3 heterocycles. The first-order chi connectivity index (χ1) is 15.3. The van der Waals surface area contributed by atoms with Crippen LogP contribution in [0, 0.1) is 11.8 Å². The van der Waals surface area contributed by atoms with Crippen LogP contribution in [0.1, 0.15) is 56.0 Å². The fourth-order valence-corrected chi connectivity index (χ4v) is 6.02. The van der Waals surface area contributed by atoms with Crippen LogP contribution in [0.5, 0.6) is 0 Å². The van der Waals surface area contributed by atoms with E-state index in [0.29, 0.717) is 47.1 Å². The van der Waals surface area contributed by atoms with E-state index in [-0.39, 0.29) is 0 Å². The van der Waals surface area contributed by atoms with Gasteiger partial charge in [-0.3, -0.25) is 4.90 Å². The second-order valence-corrected chi connectivity index (χ2v) is 9.93. The Morgan fingerprint density at radius 1 is 1.19 bits per heavy atom. The van der Waals surface area contributed by atoms with Crippen LogP contribution in [0.15, 0.2) is 18.5 Å². The lowest BCUT2D eigenvalue weighted by Gasteiger charge is -2.38. The summed E-state index contributed by atoms with van der Waals surface area (Å²) in [6.07, 6.45) is 3.38. The third-order valence-electron chi connectivity index (χ3n) is 7.81. The maximum absolute atomic E-state index is 13.3. The van der Waals surface area contributed by atoms with Crippen LogP contribution in [0.25, 0.3) is 11.3 Å². The van der Waals surface area contributed by atoms with Crippen molar-refractivity contribution in [1.82, 2.24) is 19.4 Å². The third-order valence-corrected chi connectivity index (χ3v) is 7.81. The van der Waals surface area contributed by atoms with Crippen molar-refractivity contribution in [1.29, 1.82) is 0 Å². The molecule has 6 rings (SSSR count). The van der Waals surface area contributed by atoms with Crippen LogP contribution in [-0.4, -0.2) is 51.3 Å². The number of nitrogens with two attached hydrogens (primary N) is 1. The highest BCUT2D eigenvalue weighted by Crippen LogP contribution is 2.63. The van der Waals surface area contributed by atoms with Crippen molar-refractivity contribution in [2.24, 2.45) is 11.8 Å². The zero-order valence-corrected chi connectivity index (χ0v) is 18.1. The van der Waals surface area contributed by atoms with Crippen LogP contribution in [0.4, 0.5) is 19.0 Å². The van der Waals surface area contributed by atoms with Gasteiger partial charge >= 0.3 is 6.18 Å². The average Bonchev–Trinajstić information content (AvgIpc) is 3.62. The summed E-state index contributed by atoms with van der Waals surface area (Å²) in [4.78, 5) is 11.2. The molecule has 4 aliphatic rings. The molecule has 0 spiro atoms. The lowest BCUT2D eigenvalue weighted by molar-refractivity contribution is -0.137. The summed E-state index contributed by atoms with van der Waals surface area (Å²) in [6.45, 7) is 4.86. The number of hydrogen-bond acceptors (Lipinski definition) is 5. The van der Waals surface area contributed by atoms with Crippen molar-refractivity contribution >= 4 is 5.82 Å². The van der Waals surface area contributed by atoms with Gasteiger partial charge in [-0.05, 0) is 50.5 Å². The Bertz CT molecular complexity index is 1020. The van der Waals surface area contributed by atoms with Gasteiger partial charge in [-0.2, -0.15) is 13.2 Å². The summed E-state index contributed by atoms with van der Waals surface area (Å²) in [5.41, 5.74) is 5.52. The molecule has 9 heteroatoms. The highest BCUT2D eigenvalue weighted by atomic mass is 19.4. The van der Waals surface area contributed by atoms with E-state index in [0.717, 1.165) is 44.5 Å². The number of fused-ring (bicyclic) bond motifs is 1. The summed E-state index contributed by atoms with van der Waals surface area (Å²) >= 11 is 0. The van der Waals surface area contributed by atoms with Gasteiger partial charge in [-0.25, -0.2) is 9.97 Å². The normalized spacial score (nSPS) is 32.8. The quantitative estimate of drug-likeness (QED) is 0.765. The molecule has 0 amide bonds. The number of nitrogens with zero attached hydrogens (tertiary/aromatic N) is 4. The fourth-order valence-electron chi connectivity index (χ4n) is 6.02. The topological polar surface area (TPSA) is 69.2 Å². The molecule has 32 heavy (non-hydrogen) atoms. The van der Waals surface area contributed by atoms with Crippen LogP contribution >= 0.6 is 0 Å². The highest BCUT2D eigenvalue weighted by molar-refractivity contribution is 5.62. The number of halogens is 3. The van der Waals surface area contributed by atoms with Gasteiger partial charge in [-0.15, -0.1) is 0 Å². The summed E-state index contributed by atoms with van der Waals surface area (Å²) in [5, 5.41) is 0. The maximum Gasteiger partial charge on any atom is 0.419 e. The standard InChI is InChI=1S/C23H28F3N5O/c1-12-11-32-5-4-30(12)15-7-16-17(8-15)20(16)31-10-19(29-22(31)13-2-3-13)14-6-18(23(24,25)26)21(27)28-9-14/h6,9-10,12-13,15-17,20H,2-5,7-8,11H2,1H3,(H2,27,28)/t12-,15?,16-,17+,20?/m0/s1. The zero-order valence-electron chi connectivity index (χ0n) is 18.1. The van der Waals surface area contributed by atoms with Crippen LogP contribution < -0.4 is 5.73 Å². The molecular weight excluding hydrogens is 419 g/mol. The lowest BCUT2D eigenvalue weighted by Crippen LogP contribution is -2.49. The molecule has 5 atom stereocenters. The van der Waals surface area contributed by atoms with Crippen LogP contribution in [-0.2, 0) is 10.9 Å². The molecule has 4 fully saturated rings. The molecular formula is C23H28F3N5O. The van der Waals surface area contributed by atoms with Gasteiger partial charge < -0.3 is 15.0 Å². The Balaban J connectivity index is 1.25. The van der Waals surface area contributed by atoms with E-state index >= 15 is 0 Å². The number of aromatic nitrogens is 3. The van der Waals surface area contributed by atoms with Gasteiger partial charge in [0.15, 0.2) is 0 Å². The molecule has 1 aliphatic heterocycles. The SMILES string of the molecule is C[C@H]1COCCN1C1C[C@@H]2C(n3cc(-c4cnc(N)c(C(F)(F)F)c4)nc3C3CC3)[C@@H]2C1. The van der Waals surface area contributed by atoms with E-state index in [4.69, 9.17) is 15.5 Å². The predicted molar refractivity (Wildman–Crippen MR) is 113 cm³/mol. The molecule has 0 radical (unpaired) electrons. The van der Waals surface area contributed by atoms with Crippen molar-refractivity contribution in [3.05, 3.63) is 29.8 Å². The highest BCUT2D eigenvalue weighted by Gasteiger charge is 2.59. The van der Waals surface area contributed by atoms with Crippen LogP contribution in [0.2, 0.25) is 0 Å². The van der Waals surface area contributed by atoms with Gasteiger partial charge in [0.05, 0.1) is 24.5 Å². The van der Waals surface area contributed by atoms with E-state index in [1.165, 1.54) is 19.0 Å². The van der Waals surface area contributed by atoms with Gasteiger partial charge in [0.25, 0.3) is 0 Å². The Morgan fingerprint density at radius 3 is 2.59 bits per heavy atom. The second kappa shape index (κ2) is 7.18. The molecule has 6 nitrogen and oxygen atoms in total. The summed E-state index contributed by atoms with van der Waals surface area (Å²) in [7, 11) is 0. The number of anilines is 1. The molecule has 3 aliphatic carbocycles. The number of nitrogen functional groups attached to an aromatic ring is 1. The monoisotopic (exact) mass is 447 g/mol. The van der Waals surface area contributed by atoms with Gasteiger partial charge in [0, 0.05) is 48.5 Å². The van der Waals surface area contributed by atoms with E-state index in [1.54, 1.807) is 0 Å². The predicted octanol–water partition coefficient (Wildman–Crippen LogP) is 4.09. The largest absolute Gasteiger partial charge is 0.419 e. The lowest BCUT2D eigenvalue weighted by atomic mass is 10.1. The molecule has 2 aromatic heterocycles. The Morgan fingerprint density at radius 2 is 1.94 bits per heavy atom. The number of ether oxygens (including phenoxy) is 1. The first-order valence-corrected chi connectivity index (χ1v) is 11.6. The van der Waals surface area contributed by atoms with E-state index in [1.807, 2.05) is 6.20 Å². The Labute approximate surface area is 185 Å². The summed E-state index contributed by atoms with van der Waals surface area (Å²) in [6, 6.07) is 2.58. The Kier molecular flexibility index (Phi) is 4.60. The number of morpholine rings is 1. The average molecular weight is 448 g/mol. The van der Waals surface area contributed by atoms with Crippen molar-refractivity contribution in [2.45, 2.75) is 62.8 Å². The Hall–Kier alpha value is -2.13. The third kappa shape index (κ3) is 3.41. The zero-order chi connectivity index (χ0) is 22.2. The van der Waals surface area contributed by atoms with Crippen molar-refractivity contribution < 1.29 is 17.9 Å². The maximum atomic E-state index is 13.3. The molecule has 1 saturated heterocycles. The molecule has 2 unspecified atom stereocenters. The number of alkyl halides is 3. The minimum Gasteiger partial charge on any atom is -0.383 e. The first-order valence-electron chi connectivity index (χ1n) is 11.6. The number of hydrogen-bond donors (Lipinski definition) is 1. The molecule has 3 saturated carbocycles.